The second-order valence-corrected chi connectivity index (χ2v) is 4.86. The van der Waals surface area contributed by atoms with Crippen molar-refractivity contribution in [1.29, 1.82) is 0 Å². The van der Waals surface area contributed by atoms with E-state index < -0.39 is 11.4 Å². The molecule has 5 heteroatoms. The third-order valence-corrected chi connectivity index (χ3v) is 3.96. The van der Waals surface area contributed by atoms with Gasteiger partial charge in [0.2, 0.25) is 0 Å². The molecule has 1 aliphatic rings. The second kappa shape index (κ2) is 3.47. The zero-order chi connectivity index (χ0) is 12.0. The summed E-state index contributed by atoms with van der Waals surface area (Å²) in [7, 11) is 0. The van der Waals surface area contributed by atoms with E-state index in [-0.39, 0.29) is 0 Å². The van der Waals surface area contributed by atoms with Gasteiger partial charge in [0.25, 0.3) is 0 Å². The first-order chi connectivity index (χ1) is 8.15. The molecule has 1 heterocycles. The number of carboxylic acids is 1. The van der Waals surface area contributed by atoms with Gasteiger partial charge in [-0.25, -0.2) is 0 Å². The summed E-state index contributed by atoms with van der Waals surface area (Å²) in [5, 5.41) is 17.5. The molecular formula is C12H11ClN2O2. The highest BCUT2D eigenvalue weighted by atomic mass is 35.5. The fraction of sp³-hybridized carbons (Fsp3) is 0.333. The molecule has 2 aromatic rings. The van der Waals surface area contributed by atoms with E-state index in [2.05, 4.69) is 10.2 Å². The van der Waals surface area contributed by atoms with Gasteiger partial charge in [-0.3, -0.25) is 9.89 Å². The summed E-state index contributed by atoms with van der Waals surface area (Å²) < 4.78 is 0. The van der Waals surface area contributed by atoms with Crippen LogP contribution < -0.4 is 0 Å². The number of hydrogen-bond donors (Lipinski definition) is 2. The summed E-state index contributed by atoms with van der Waals surface area (Å²) in [4.78, 5) is 11.5. The van der Waals surface area contributed by atoms with E-state index in [0.717, 1.165) is 17.4 Å². The second-order valence-electron chi connectivity index (χ2n) is 4.48. The predicted molar refractivity (Wildman–Crippen MR) is 64.3 cm³/mol. The number of H-pyrrole nitrogens is 1. The Morgan fingerprint density at radius 2 is 2.24 bits per heavy atom. The number of aromatic amines is 1. The minimum atomic E-state index is -0.768. The summed E-state index contributed by atoms with van der Waals surface area (Å²) in [6, 6.07) is 5.52. The van der Waals surface area contributed by atoms with Gasteiger partial charge < -0.3 is 5.11 Å². The molecule has 1 aliphatic carbocycles. The van der Waals surface area contributed by atoms with E-state index in [9.17, 15) is 9.90 Å². The van der Waals surface area contributed by atoms with Crippen LogP contribution in [-0.4, -0.2) is 21.3 Å². The largest absolute Gasteiger partial charge is 0.481 e. The summed E-state index contributed by atoms with van der Waals surface area (Å²) in [6.07, 6.45) is 2.29. The molecule has 3 rings (SSSR count). The molecule has 1 saturated carbocycles. The third-order valence-electron chi connectivity index (χ3n) is 3.67. The zero-order valence-corrected chi connectivity index (χ0v) is 9.79. The van der Waals surface area contributed by atoms with Crippen LogP contribution in [-0.2, 0) is 10.2 Å². The zero-order valence-electron chi connectivity index (χ0n) is 9.03. The molecular weight excluding hydrogens is 240 g/mol. The Balaban J connectivity index is 2.27. The Kier molecular flexibility index (Phi) is 2.16. The van der Waals surface area contributed by atoms with Gasteiger partial charge in [0, 0.05) is 5.39 Å². The maximum absolute atomic E-state index is 11.5. The average molecular weight is 251 g/mol. The number of nitrogens with zero attached hydrogens (tertiary/aromatic N) is 1. The van der Waals surface area contributed by atoms with Crippen LogP contribution in [0.1, 0.15) is 24.8 Å². The van der Waals surface area contributed by atoms with Crippen LogP contribution >= 0.6 is 11.6 Å². The Labute approximate surface area is 103 Å². The van der Waals surface area contributed by atoms with Crippen LogP contribution in [0.25, 0.3) is 10.9 Å². The maximum atomic E-state index is 11.5. The van der Waals surface area contributed by atoms with Crippen LogP contribution in [0.3, 0.4) is 0 Å². The lowest BCUT2D eigenvalue weighted by Gasteiger charge is -2.38. The fourth-order valence-electron chi connectivity index (χ4n) is 2.52. The highest BCUT2D eigenvalue weighted by Crippen LogP contribution is 2.46. The number of benzene rings is 1. The number of hydrogen-bond acceptors (Lipinski definition) is 2. The quantitative estimate of drug-likeness (QED) is 0.861. The topological polar surface area (TPSA) is 66.0 Å². The monoisotopic (exact) mass is 250 g/mol. The molecule has 0 spiro atoms. The Morgan fingerprint density at radius 1 is 1.47 bits per heavy atom. The summed E-state index contributed by atoms with van der Waals surface area (Å²) >= 11 is 5.97. The SMILES string of the molecule is O=C(O)C1(c2cccc3c(Cl)[nH]nc23)CCC1. The first kappa shape index (κ1) is 10.6. The van der Waals surface area contributed by atoms with E-state index >= 15 is 0 Å². The van der Waals surface area contributed by atoms with Crippen LogP contribution in [0.4, 0.5) is 0 Å². The highest BCUT2D eigenvalue weighted by Gasteiger charge is 2.47. The van der Waals surface area contributed by atoms with Crippen molar-refractivity contribution in [2.75, 3.05) is 0 Å². The number of rotatable bonds is 2. The van der Waals surface area contributed by atoms with E-state index in [4.69, 9.17) is 11.6 Å². The molecule has 1 aromatic heterocycles. The van der Waals surface area contributed by atoms with Gasteiger partial charge in [-0.1, -0.05) is 30.2 Å². The van der Waals surface area contributed by atoms with Crippen molar-refractivity contribution in [3.63, 3.8) is 0 Å². The molecule has 88 valence electrons. The smallest absolute Gasteiger partial charge is 0.314 e. The van der Waals surface area contributed by atoms with Gasteiger partial charge in [-0.05, 0) is 24.5 Å². The minimum absolute atomic E-state index is 0.460. The van der Waals surface area contributed by atoms with Crippen LogP contribution in [0, 0.1) is 0 Å². The molecule has 0 radical (unpaired) electrons. The molecule has 0 saturated heterocycles. The Morgan fingerprint density at radius 3 is 2.82 bits per heavy atom. The minimum Gasteiger partial charge on any atom is -0.481 e. The molecule has 0 unspecified atom stereocenters. The van der Waals surface area contributed by atoms with E-state index in [0.29, 0.717) is 23.5 Å². The summed E-state index contributed by atoms with van der Waals surface area (Å²) in [6.45, 7) is 0. The molecule has 0 atom stereocenters. The molecule has 0 aliphatic heterocycles. The van der Waals surface area contributed by atoms with Crippen molar-refractivity contribution in [3.05, 3.63) is 28.9 Å². The number of para-hydroxylation sites is 1. The van der Waals surface area contributed by atoms with Crippen LogP contribution in [0.15, 0.2) is 18.2 Å². The van der Waals surface area contributed by atoms with Crippen molar-refractivity contribution in [1.82, 2.24) is 10.2 Å². The number of aliphatic carboxylic acids is 1. The lowest BCUT2D eigenvalue weighted by Crippen LogP contribution is -2.42. The van der Waals surface area contributed by atoms with E-state index in [1.807, 2.05) is 18.2 Å². The Bertz CT molecular complexity index is 602. The average Bonchev–Trinajstić information content (AvgIpc) is 2.59. The van der Waals surface area contributed by atoms with Gasteiger partial charge in [0.1, 0.15) is 5.15 Å². The van der Waals surface area contributed by atoms with Crippen molar-refractivity contribution in [2.45, 2.75) is 24.7 Å². The third kappa shape index (κ3) is 1.30. The number of nitrogens with one attached hydrogen (secondary N) is 1. The van der Waals surface area contributed by atoms with Gasteiger partial charge >= 0.3 is 5.97 Å². The molecule has 0 amide bonds. The highest BCUT2D eigenvalue weighted by molar-refractivity contribution is 6.34. The van der Waals surface area contributed by atoms with E-state index in [1.165, 1.54) is 0 Å². The number of carbonyl (C=O) groups is 1. The lowest BCUT2D eigenvalue weighted by molar-refractivity contribution is -0.147. The van der Waals surface area contributed by atoms with Crippen molar-refractivity contribution >= 4 is 28.5 Å². The molecule has 17 heavy (non-hydrogen) atoms. The molecule has 1 aromatic carbocycles. The first-order valence-corrected chi connectivity index (χ1v) is 5.89. The van der Waals surface area contributed by atoms with Crippen molar-refractivity contribution < 1.29 is 9.90 Å². The molecule has 4 nitrogen and oxygen atoms in total. The number of fused-ring (bicyclic) bond motifs is 1. The molecule has 0 bridgehead atoms. The fourth-order valence-corrected chi connectivity index (χ4v) is 2.72. The number of carboxylic acid groups (broad SMARTS) is 1. The van der Waals surface area contributed by atoms with Crippen LogP contribution in [0.5, 0.6) is 0 Å². The van der Waals surface area contributed by atoms with Crippen LogP contribution in [0.2, 0.25) is 5.15 Å². The normalized spacial score (nSPS) is 17.9. The first-order valence-electron chi connectivity index (χ1n) is 5.52. The summed E-state index contributed by atoms with van der Waals surface area (Å²) in [5.74, 6) is -0.768. The number of halogens is 1. The van der Waals surface area contributed by atoms with Gasteiger partial charge in [-0.15, -0.1) is 0 Å². The summed E-state index contributed by atoms with van der Waals surface area (Å²) in [5.41, 5.74) is 0.689. The van der Waals surface area contributed by atoms with Crippen molar-refractivity contribution in [2.24, 2.45) is 0 Å². The Hall–Kier alpha value is -1.55. The molecule has 2 N–H and O–H groups in total. The molecule has 1 fully saturated rings. The van der Waals surface area contributed by atoms with Gasteiger partial charge in [0.15, 0.2) is 0 Å². The van der Waals surface area contributed by atoms with E-state index in [1.54, 1.807) is 0 Å². The van der Waals surface area contributed by atoms with Crippen molar-refractivity contribution in [3.8, 4) is 0 Å². The maximum Gasteiger partial charge on any atom is 0.314 e. The standard InChI is InChI=1S/C12H11ClN2O2/c13-10-7-3-1-4-8(9(7)14-15-10)12(11(16)17)5-2-6-12/h1,3-4H,2,5-6H2,(H,14,15)(H,16,17). The van der Waals surface area contributed by atoms with Gasteiger partial charge in [0.05, 0.1) is 10.9 Å². The lowest BCUT2D eigenvalue weighted by atomic mass is 9.64. The predicted octanol–water partition coefficient (Wildman–Crippen LogP) is 2.72. The van der Waals surface area contributed by atoms with Gasteiger partial charge in [-0.2, -0.15) is 5.10 Å². The number of aromatic nitrogens is 2.